The van der Waals surface area contributed by atoms with E-state index in [2.05, 4.69) is 18.8 Å². The van der Waals surface area contributed by atoms with Crippen LogP contribution in [0.4, 0.5) is 0 Å². The number of unbranched alkanes of at least 4 members (excludes halogenated alkanes) is 2. The summed E-state index contributed by atoms with van der Waals surface area (Å²) in [6, 6.07) is 11.0. The fourth-order valence-electron chi connectivity index (χ4n) is 3.51. The Morgan fingerprint density at radius 1 is 0.833 bits per heavy atom. The highest BCUT2D eigenvalue weighted by Gasteiger charge is 2.44. The number of nitrogens with zero attached hydrogens (tertiary/aromatic N) is 1. The Labute approximate surface area is 191 Å². The van der Waals surface area contributed by atoms with Crippen LogP contribution in [0.3, 0.4) is 0 Å². The van der Waals surface area contributed by atoms with E-state index in [9.17, 15) is 9.59 Å². The highest BCUT2D eigenvalue weighted by molar-refractivity contribution is 6.50. The highest BCUT2D eigenvalue weighted by atomic mass is 35.5. The van der Waals surface area contributed by atoms with Gasteiger partial charge in [-0.2, -0.15) is 0 Å². The maximum atomic E-state index is 12.9. The van der Waals surface area contributed by atoms with Crippen molar-refractivity contribution in [3.8, 4) is 0 Å². The van der Waals surface area contributed by atoms with Crippen molar-refractivity contribution < 1.29 is 9.59 Å². The number of carbonyl (C=O) groups excluding carboxylic acids is 2. The number of hydrogen-bond donors (Lipinski definition) is 0. The average Bonchev–Trinajstić information content (AvgIpc) is 3.01. The van der Waals surface area contributed by atoms with E-state index in [0.717, 1.165) is 5.39 Å². The fraction of sp³-hybridized carbons (Fsp3) is 0.292. The lowest BCUT2D eigenvalue weighted by Gasteiger charge is -2.08. The predicted molar refractivity (Wildman–Crippen MR) is 125 cm³/mol. The second-order valence-electron chi connectivity index (χ2n) is 7.26. The zero-order valence-corrected chi connectivity index (χ0v) is 19.3. The third-order valence-corrected chi connectivity index (χ3v) is 6.60. The summed E-state index contributed by atoms with van der Waals surface area (Å²) in [6.45, 7) is 6.09. The molecule has 3 nitrogen and oxygen atoms in total. The molecular weight excluding hydrogens is 441 g/mol. The van der Waals surface area contributed by atoms with Crippen LogP contribution < -0.4 is 0 Å². The molecule has 156 valence electrons. The van der Waals surface area contributed by atoms with Crippen LogP contribution in [-0.4, -0.2) is 16.6 Å². The zero-order chi connectivity index (χ0) is 22.0. The van der Waals surface area contributed by atoms with Gasteiger partial charge in [-0.25, -0.2) is 0 Å². The zero-order valence-electron chi connectivity index (χ0n) is 17.1. The summed E-state index contributed by atoms with van der Waals surface area (Å²) in [5.74, 6) is -1.86. The number of aromatic nitrogens is 1. The molecule has 0 amide bonds. The van der Waals surface area contributed by atoms with Crippen LogP contribution in [0.1, 0.15) is 71.0 Å². The minimum atomic E-state index is -1.05. The molecule has 1 aliphatic carbocycles. The quantitative estimate of drug-likeness (QED) is 0.294. The number of halogens is 3. The lowest BCUT2D eigenvalue weighted by atomic mass is 9.98. The van der Waals surface area contributed by atoms with Crippen molar-refractivity contribution in [1.29, 1.82) is 0 Å². The average molecular weight is 463 g/mol. The maximum Gasteiger partial charge on any atom is 0.182 e. The topological polar surface area (TPSA) is 47.0 Å². The first kappa shape index (κ1) is 22.7. The molecule has 1 heterocycles. The van der Waals surface area contributed by atoms with E-state index < -0.39 is 17.5 Å². The number of Topliss-reactive ketones (excluding diaryl/α,β-unsaturated/α-hetero) is 2. The number of hydrogen-bond acceptors (Lipinski definition) is 3. The van der Waals surface area contributed by atoms with Gasteiger partial charge in [0.2, 0.25) is 0 Å². The van der Waals surface area contributed by atoms with Crippen molar-refractivity contribution in [2.45, 2.75) is 46.0 Å². The Kier molecular flexibility index (Phi) is 7.18. The summed E-state index contributed by atoms with van der Waals surface area (Å²) < 4.78 is 0. The third kappa shape index (κ3) is 3.99. The van der Waals surface area contributed by atoms with E-state index in [4.69, 9.17) is 34.8 Å². The lowest BCUT2D eigenvalue weighted by molar-refractivity contribution is 0.0888. The SMILES string of the molecule is CCCCC.Cc1c(Cl)c(Cl)c2c(c1Cl)C(=O)C(c1ccc3ccccc3n1)C2=O. The van der Waals surface area contributed by atoms with Gasteiger partial charge in [-0.15, -0.1) is 0 Å². The fourth-order valence-corrected chi connectivity index (χ4v) is 4.36. The van der Waals surface area contributed by atoms with Gasteiger partial charge in [-0.05, 0) is 24.6 Å². The molecule has 0 spiro atoms. The summed E-state index contributed by atoms with van der Waals surface area (Å²) in [4.78, 5) is 30.3. The summed E-state index contributed by atoms with van der Waals surface area (Å²) in [5.41, 5.74) is 1.81. The predicted octanol–water partition coefficient (Wildman–Crippen LogP) is 7.86. The second-order valence-corrected chi connectivity index (χ2v) is 8.39. The summed E-state index contributed by atoms with van der Waals surface area (Å²) in [7, 11) is 0. The number of ketones is 2. The molecule has 30 heavy (non-hydrogen) atoms. The minimum Gasteiger partial charge on any atom is -0.293 e. The molecule has 0 N–H and O–H groups in total. The number of carbonyl (C=O) groups is 2. The Hall–Kier alpha value is -1.94. The molecule has 4 rings (SSSR count). The molecule has 0 saturated heterocycles. The number of rotatable bonds is 3. The second kappa shape index (κ2) is 9.47. The normalized spacial score (nSPS) is 15.2. The van der Waals surface area contributed by atoms with E-state index in [1.165, 1.54) is 19.3 Å². The standard InChI is InChI=1S/C19H10Cl3NO2.C5H12/c1-8-15(20)13-14(17(22)16(8)21)19(25)12(18(13)24)11-7-6-9-4-2-3-5-10(9)23-11;1-3-5-4-2/h2-7,12H,1H3;3-5H2,1-2H3. The van der Waals surface area contributed by atoms with Gasteiger partial charge in [0, 0.05) is 5.39 Å². The van der Waals surface area contributed by atoms with E-state index in [1.807, 2.05) is 30.3 Å². The molecule has 0 saturated carbocycles. The third-order valence-electron chi connectivity index (χ3n) is 5.18. The van der Waals surface area contributed by atoms with Crippen LogP contribution in [0.25, 0.3) is 10.9 Å². The van der Waals surface area contributed by atoms with Crippen molar-refractivity contribution >= 4 is 57.3 Å². The van der Waals surface area contributed by atoms with Gasteiger partial charge in [-0.3, -0.25) is 14.6 Å². The molecule has 3 aromatic rings. The molecule has 0 radical (unpaired) electrons. The van der Waals surface area contributed by atoms with Crippen LogP contribution in [0.5, 0.6) is 0 Å². The van der Waals surface area contributed by atoms with Crippen molar-refractivity contribution in [3.05, 3.63) is 73.9 Å². The van der Waals surface area contributed by atoms with Gasteiger partial charge in [0.05, 0.1) is 37.4 Å². The number of benzene rings is 2. The first-order chi connectivity index (χ1) is 14.3. The largest absolute Gasteiger partial charge is 0.293 e. The van der Waals surface area contributed by atoms with Crippen molar-refractivity contribution in [3.63, 3.8) is 0 Å². The van der Waals surface area contributed by atoms with E-state index in [0.29, 0.717) is 16.8 Å². The van der Waals surface area contributed by atoms with E-state index in [-0.39, 0.29) is 26.2 Å². The first-order valence-corrected chi connectivity index (χ1v) is 11.1. The molecule has 0 bridgehead atoms. The Balaban J connectivity index is 0.000000461. The first-order valence-electron chi connectivity index (χ1n) is 9.94. The number of para-hydroxylation sites is 1. The lowest BCUT2D eigenvalue weighted by Crippen LogP contribution is -2.14. The maximum absolute atomic E-state index is 12.9. The molecule has 2 aromatic carbocycles. The van der Waals surface area contributed by atoms with Gasteiger partial charge in [0.15, 0.2) is 11.6 Å². The van der Waals surface area contributed by atoms with E-state index >= 15 is 0 Å². The van der Waals surface area contributed by atoms with Crippen LogP contribution >= 0.6 is 34.8 Å². The van der Waals surface area contributed by atoms with Crippen LogP contribution in [0.15, 0.2) is 36.4 Å². The van der Waals surface area contributed by atoms with Crippen molar-refractivity contribution in [1.82, 2.24) is 4.98 Å². The van der Waals surface area contributed by atoms with Crippen molar-refractivity contribution in [2.24, 2.45) is 0 Å². The molecule has 0 fully saturated rings. The van der Waals surface area contributed by atoms with Gasteiger partial charge < -0.3 is 0 Å². The van der Waals surface area contributed by atoms with Crippen molar-refractivity contribution in [2.75, 3.05) is 0 Å². The van der Waals surface area contributed by atoms with E-state index in [1.54, 1.807) is 13.0 Å². The van der Waals surface area contributed by atoms with Crippen LogP contribution in [-0.2, 0) is 0 Å². The molecule has 1 aliphatic rings. The van der Waals surface area contributed by atoms with Crippen LogP contribution in [0, 0.1) is 6.92 Å². The Morgan fingerprint density at radius 3 is 2.03 bits per heavy atom. The Morgan fingerprint density at radius 2 is 1.43 bits per heavy atom. The van der Waals surface area contributed by atoms with Gasteiger partial charge in [0.1, 0.15) is 5.92 Å². The summed E-state index contributed by atoms with van der Waals surface area (Å²) in [5, 5.41) is 1.36. The minimum absolute atomic E-state index is 0.0696. The molecular formula is C24H22Cl3NO2. The van der Waals surface area contributed by atoms with Gasteiger partial charge in [-0.1, -0.05) is 92.2 Å². The van der Waals surface area contributed by atoms with Crippen LogP contribution in [0.2, 0.25) is 15.1 Å². The smallest absolute Gasteiger partial charge is 0.182 e. The molecule has 0 aliphatic heterocycles. The highest BCUT2D eigenvalue weighted by Crippen LogP contribution is 2.45. The molecule has 1 atom stereocenters. The summed E-state index contributed by atoms with van der Waals surface area (Å²) in [6.07, 6.45) is 4.08. The van der Waals surface area contributed by atoms with Gasteiger partial charge >= 0.3 is 0 Å². The molecule has 1 unspecified atom stereocenters. The summed E-state index contributed by atoms with van der Waals surface area (Å²) >= 11 is 18.7. The number of fused-ring (bicyclic) bond motifs is 2. The Bertz CT molecular complexity index is 1090. The van der Waals surface area contributed by atoms with Gasteiger partial charge in [0.25, 0.3) is 0 Å². The molecule has 6 heteroatoms. The molecule has 1 aromatic heterocycles. The monoisotopic (exact) mass is 461 g/mol. The number of pyridine rings is 1.